The lowest BCUT2D eigenvalue weighted by Crippen LogP contribution is -2.21. The van der Waals surface area contributed by atoms with E-state index in [9.17, 15) is 4.79 Å². The first-order valence-corrected chi connectivity index (χ1v) is 4.57. The lowest BCUT2D eigenvalue weighted by atomic mass is 9.91. The zero-order chi connectivity index (χ0) is 9.47. The summed E-state index contributed by atoms with van der Waals surface area (Å²) in [5.74, 6) is 3.67. The van der Waals surface area contributed by atoms with Gasteiger partial charge in [0.05, 0.1) is 0 Å². The van der Waals surface area contributed by atoms with E-state index >= 15 is 0 Å². The van der Waals surface area contributed by atoms with Crippen molar-refractivity contribution in [1.82, 2.24) is 0 Å². The van der Waals surface area contributed by atoms with Crippen LogP contribution in [0.3, 0.4) is 0 Å². The average molecular weight is 176 g/mol. The number of ketones is 1. The van der Waals surface area contributed by atoms with E-state index in [0.29, 0.717) is 12.8 Å². The van der Waals surface area contributed by atoms with E-state index in [1.807, 2.05) is 6.92 Å². The van der Waals surface area contributed by atoms with Crippen molar-refractivity contribution in [3.63, 3.8) is 0 Å². The number of Topliss-reactive ketones (excluding diaryl/α,β-unsaturated/α-hetero) is 1. The number of rotatable bonds is 0. The summed E-state index contributed by atoms with van der Waals surface area (Å²) in [7, 11) is 0. The molecule has 0 radical (unpaired) electrons. The summed E-state index contributed by atoms with van der Waals surface area (Å²) in [6, 6.07) is 0. The first-order chi connectivity index (χ1) is 6.14. The highest BCUT2D eigenvalue weighted by molar-refractivity contribution is 5.97. The van der Waals surface area contributed by atoms with Gasteiger partial charge in [-0.1, -0.05) is 5.92 Å². The first-order valence-electron chi connectivity index (χ1n) is 4.57. The van der Waals surface area contributed by atoms with Gasteiger partial charge in [0.2, 0.25) is 0 Å². The van der Waals surface area contributed by atoms with E-state index in [0.717, 1.165) is 24.2 Å². The van der Waals surface area contributed by atoms with Gasteiger partial charge in [-0.2, -0.15) is 0 Å². The van der Waals surface area contributed by atoms with Gasteiger partial charge in [0, 0.05) is 24.8 Å². The molecule has 2 nitrogen and oxygen atoms in total. The Labute approximate surface area is 78.0 Å². The maximum atomic E-state index is 11.5. The Kier molecular flexibility index (Phi) is 1.69. The van der Waals surface area contributed by atoms with Crippen LogP contribution in [0.15, 0.2) is 11.3 Å². The highest BCUT2D eigenvalue weighted by Gasteiger charge is 2.38. The second-order valence-corrected chi connectivity index (χ2v) is 3.83. The van der Waals surface area contributed by atoms with Crippen molar-refractivity contribution < 1.29 is 9.53 Å². The molecule has 0 aromatic heterocycles. The highest BCUT2D eigenvalue weighted by atomic mass is 16.5. The van der Waals surface area contributed by atoms with E-state index in [1.165, 1.54) is 0 Å². The molecule has 0 fully saturated rings. The van der Waals surface area contributed by atoms with Crippen molar-refractivity contribution in [2.45, 2.75) is 38.2 Å². The number of allylic oxidation sites excluding steroid dienone is 1. The van der Waals surface area contributed by atoms with Crippen molar-refractivity contribution in [2.75, 3.05) is 0 Å². The van der Waals surface area contributed by atoms with Gasteiger partial charge in [0.15, 0.2) is 11.4 Å². The Morgan fingerprint density at radius 3 is 2.92 bits per heavy atom. The van der Waals surface area contributed by atoms with Crippen LogP contribution in [0.25, 0.3) is 0 Å². The molecule has 1 unspecified atom stereocenters. The monoisotopic (exact) mass is 176 g/mol. The number of ether oxygens (including phenoxy) is 1. The summed E-state index contributed by atoms with van der Waals surface area (Å²) in [6.07, 6.45) is 8.38. The first kappa shape index (κ1) is 8.37. The second kappa shape index (κ2) is 2.63. The van der Waals surface area contributed by atoms with E-state index in [-0.39, 0.29) is 5.78 Å². The number of hydrogen-bond acceptors (Lipinski definition) is 2. The van der Waals surface area contributed by atoms with Crippen LogP contribution < -0.4 is 0 Å². The van der Waals surface area contributed by atoms with Gasteiger partial charge in [-0.25, -0.2) is 0 Å². The van der Waals surface area contributed by atoms with E-state index in [4.69, 9.17) is 11.2 Å². The quantitative estimate of drug-likeness (QED) is 0.526. The van der Waals surface area contributed by atoms with Crippen LogP contribution in [-0.4, -0.2) is 11.4 Å². The van der Waals surface area contributed by atoms with Crippen molar-refractivity contribution >= 4 is 5.78 Å². The molecule has 0 saturated carbocycles. The van der Waals surface area contributed by atoms with Crippen LogP contribution in [0.4, 0.5) is 0 Å². The average Bonchev–Trinajstić information content (AvgIpc) is 2.45. The fourth-order valence-corrected chi connectivity index (χ4v) is 1.90. The number of carbonyl (C=O) groups excluding carboxylic acids is 1. The molecule has 0 saturated heterocycles. The van der Waals surface area contributed by atoms with Gasteiger partial charge in [0.1, 0.15) is 5.76 Å². The molecule has 2 aliphatic rings. The minimum Gasteiger partial charge on any atom is -0.478 e. The Balaban J connectivity index is 2.29. The van der Waals surface area contributed by atoms with Gasteiger partial charge in [-0.3, -0.25) is 4.79 Å². The normalized spacial score (nSPS) is 32.5. The van der Waals surface area contributed by atoms with Crippen molar-refractivity contribution in [3.05, 3.63) is 11.3 Å². The lowest BCUT2D eigenvalue weighted by Gasteiger charge is -2.18. The fourth-order valence-electron chi connectivity index (χ4n) is 1.90. The maximum Gasteiger partial charge on any atom is 0.169 e. The molecule has 0 amide bonds. The van der Waals surface area contributed by atoms with Crippen LogP contribution in [0.2, 0.25) is 0 Å². The van der Waals surface area contributed by atoms with Crippen LogP contribution in [0.1, 0.15) is 32.6 Å². The molecular weight excluding hydrogens is 164 g/mol. The molecule has 0 aromatic rings. The molecular formula is C11H12O2. The van der Waals surface area contributed by atoms with E-state index in [1.54, 1.807) is 0 Å². The fraction of sp³-hybridized carbons (Fsp3) is 0.545. The third kappa shape index (κ3) is 1.25. The van der Waals surface area contributed by atoms with Crippen LogP contribution in [0, 0.1) is 12.3 Å². The molecule has 2 heteroatoms. The van der Waals surface area contributed by atoms with Crippen LogP contribution in [-0.2, 0) is 9.53 Å². The predicted octanol–water partition coefficient (Wildman–Crippen LogP) is 1.81. The van der Waals surface area contributed by atoms with Crippen molar-refractivity contribution in [1.29, 1.82) is 0 Å². The summed E-state index contributed by atoms with van der Waals surface area (Å²) >= 11 is 0. The van der Waals surface area contributed by atoms with Crippen molar-refractivity contribution in [3.8, 4) is 12.3 Å². The smallest absolute Gasteiger partial charge is 0.169 e. The molecule has 0 spiro atoms. The minimum absolute atomic E-state index is 0.222. The Bertz CT molecular complexity index is 332. The Morgan fingerprint density at radius 2 is 2.31 bits per heavy atom. The van der Waals surface area contributed by atoms with Crippen LogP contribution >= 0.6 is 0 Å². The molecule has 0 bridgehead atoms. The van der Waals surface area contributed by atoms with Gasteiger partial charge >= 0.3 is 0 Å². The van der Waals surface area contributed by atoms with E-state index < -0.39 is 5.60 Å². The molecule has 1 aliphatic carbocycles. The Hall–Kier alpha value is -1.23. The highest BCUT2D eigenvalue weighted by Crippen LogP contribution is 2.39. The molecule has 1 atom stereocenters. The molecule has 0 N–H and O–H groups in total. The summed E-state index contributed by atoms with van der Waals surface area (Å²) in [6.45, 7) is 1.86. The molecule has 0 aromatic carbocycles. The number of carbonyl (C=O) groups is 1. The minimum atomic E-state index is -0.565. The van der Waals surface area contributed by atoms with Gasteiger partial charge in [0.25, 0.3) is 0 Å². The summed E-state index contributed by atoms with van der Waals surface area (Å²) in [4.78, 5) is 11.5. The predicted molar refractivity (Wildman–Crippen MR) is 48.8 cm³/mol. The second-order valence-electron chi connectivity index (χ2n) is 3.83. The molecule has 13 heavy (non-hydrogen) atoms. The van der Waals surface area contributed by atoms with Gasteiger partial charge < -0.3 is 4.74 Å². The third-order valence-electron chi connectivity index (χ3n) is 2.65. The standard InChI is InChI=1S/C11H12O2/c1-3-11(2)7-8-9(12)5-4-6-10(8)13-11/h1H,4-7H2,2H3. The molecule has 2 rings (SSSR count). The topological polar surface area (TPSA) is 26.3 Å². The zero-order valence-corrected chi connectivity index (χ0v) is 7.72. The number of terminal acetylenes is 1. The largest absolute Gasteiger partial charge is 0.478 e. The number of hydrogen-bond donors (Lipinski definition) is 0. The van der Waals surface area contributed by atoms with Crippen molar-refractivity contribution in [2.24, 2.45) is 0 Å². The van der Waals surface area contributed by atoms with Gasteiger partial charge in [-0.05, 0) is 13.3 Å². The molecule has 68 valence electrons. The zero-order valence-electron chi connectivity index (χ0n) is 7.72. The maximum absolute atomic E-state index is 11.5. The van der Waals surface area contributed by atoms with Crippen LogP contribution in [0.5, 0.6) is 0 Å². The SMILES string of the molecule is C#CC1(C)CC2=C(CCCC2=O)O1. The Morgan fingerprint density at radius 1 is 1.54 bits per heavy atom. The molecule has 1 aliphatic heterocycles. The molecule has 1 heterocycles. The third-order valence-corrected chi connectivity index (χ3v) is 2.65. The summed E-state index contributed by atoms with van der Waals surface area (Å²) < 4.78 is 5.60. The van der Waals surface area contributed by atoms with E-state index in [2.05, 4.69) is 5.92 Å². The summed E-state index contributed by atoms with van der Waals surface area (Å²) in [5, 5.41) is 0. The van der Waals surface area contributed by atoms with Gasteiger partial charge in [-0.15, -0.1) is 6.42 Å². The summed E-state index contributed by atoms with van der Waals surface area (Å²) in [5.41, 5.74) is 0.275. The lowest BCUT2D eigenvalue weighted by molar-refractivity contribution is -0.116.